The highest BCUT2D eigenvalue weighted by molar-refractivity contribution is 7.89. The summed E-state index contributed by atoms with van der Waals surface area (Å²) in [7, 11) is -1.86. The molecular formula is C28H32N6O2S2. The Morgan fingerprint density at radius 3 is 2.74 bits per heavy atom. The van der Waals surface area contributed by atoms with Crippen LogP contribution < -0.4 is 10.2 Å². The molecular weight excluding hydrogens is 516 g/mol. The van der Waals surface area contributed by atoms with Crippen molar-refractivity contribution in [1.82, 2.24) is 24.6 Å². The molecule has 6 rings (SSSR count). The second-order valence-electron chi connectivity index (χ2n) is 10.3. The zero-order chi connectivity index (χ0) is 26.3. The Labute approximate surface area is 227 Å². The van der Waals surface area contributed by atoms with Crippen molar-refractivity contribution in [3.63, 3.8) is 0 Å². The van der Waals surface area contributed by atoms with Crippen molar-refractivity contribution >= 4 is 38.1 Å². The summed E-state index contributed by atoms with van der Waals surface area (Å²) in [5.41, 5.74) is 5.30. The maximum Gasteiger partial charge on any atom is 0.242 e. The first-order chi connectivity index (χ1) is 18.4. The first-order valence-electron chi connectivity index (χ1n) is 13.1. The number of hydrogen-bond acceptors (Lipinski definition) is 8. The number of fused-ring (bicyclic) bond motifs is 2. The van der Waals surface area contributed by atoms with Gasteiger partial charge in [0.2, 0.25) is 10.0 Å². The van der Waals surface area contributed by atoms with Crippen LogP contribution in [0, 0.1) is 12.8 Å². The molecule has 198 valence electrons. The summed E-state index contributed by atoms with van der Waals surface area (Å²) >= 11 is 1.61. The number of thiazole rings is 1. The SMILES string of the molecule is Cc1cc(-c2nccs2)cc2c(N3CCc4ccc(S(=O)(=O)N(C)CC5CCNCC5)cc4C3)ncnc12. The summed E-state index contributed by atoms with van der Waals surface area (Å²) in [6.07, 6.45) is 6.29. The van der Waals surface area contributed by atoms with Gasteiger partial charge in [0.1, 0.15) is 17.2 Å². The van der Waals surface area contributed by atoms with E-state index in [2.05, 4.69) is 39.2 Å². The van der Waals surface area contributed by atoms with Gasteiger partial charge in [0.05, 0.1) is 10.4 Å². The molecule has 0 unspecified atom stereocenters. The van der Waals surface area contributed by atoms with E-state index in [1.54, 1.807) is 30.8 Å². The van der Waals surface area contributed by atoms with Gasteiger partial charge in [-0.25, -0.2) is 27.7 Å². The minimum atomic E-state index is -3.56. The van der Waals surface area contributed by atoms with Crippen molar-refractivity contribution in [2.75, 3.05) is 38.1 Å². The molecule has 0 saturated carbocycles. The van der Waals surface area contributed by atoms with Crippen LogP contribution in [0.2, 0.25) is 0 Å². The second kappa shape index (κ2) is 10.3. The fourth-order valence-corrected chi connectivity index (χ4v) is 7.58. The van der Waals surface area contributed by atoms with E-state index in [0.29, 0.717) is 23.9 Å². The molecule has 0 radical (unpaired) electrons. The van der Waals surface area contributed by atoms with Gasteiger partial charge in [-0.2, -0.15) is 0 Å². The van der Waals surface area contributed by atoms with E-state index in [0.717, 1.165) is 77.3 Å². The fraction of sp³-hybridized carbons (Fsp3) is 0.393. The molecule has 4 heterocycles. The van der Waals surface area contributed by atoms with Crippen LogP contribution in [-0.4, -0.2) is 60.9 Å². The third kappa shape index (κ3) is 4.82. The molecule has 2 aromatic heterocycles. The minimum Gasteiger partial charge on any atom is -0.351 e. The van der Waals surface area contributed by atoms with Crippen molar-refractivity contribution in [2.45, 2.75) is 37.6 Å². The lowest BCUT2D eigenvalue weighted by Crippen LogP contribution is -2.37. The number of nitrogens with zero attached hydrogens (tertiary/aromatic N) is 5. The lowest BCUT2D eigenvalue weighted by atomic mass is 9.98. The molecule has 1 N–H and O–H groups in total. The van der Waals surface area contributed by atoms with Crippen LogP contribution in [0.1, 0.15) is 29.5 Å². The molecule has 2 aromatic carbocycles. The third-order valence-corrected chi connectivity index (χ3v) is 10.4. The van der Waals surface area contributed by atoms with Crippen molar-refractivity contribution in [3.8, 4) is 10.6 Å². The standard InChI is InChI=1S/C28H32N6O2S2/c1-19-13-22(28-30-10-12-37-28)15-25-26(19)31-18-32-27(25)34-11-7-21-3-4-24(14-23(21)17-34)38(35,36)33(2)16-20-5-8-29-9-6-20/h3-4,10,12-15,18,20,29H,5-9,11,16-17H2,1-2H3. The van der Waals surface area contributed by atoms with E-state index in [4.69, 9.17) is 4.98 Å². The normalized spacial score (nSPS) is 16.8. The van der Waals surface area contributed by atoms with E-state index >= 15 is 0 Å². The van der Waals surface area contributed by atoms with E-state index in [-0.39, 0.29) is 0 Å². The number of anilines is 1. The summed E-state index contributed by atoms with van der Waals surface area (Å²) in [5, 5.41) is 7.29. The first-order valence-corrected chi connectivity index (χ1v) is 15.4. The fourth-order valence-electron chi connectivity index (χ4n) is 5.65. The predicted molar refractivity (Wildman–Crippen MR) is 152 cm³/mol. The minimum absolute atomic E-state index is 0.365. The number of aryl methyl sites for hydroxylation is 1. The van der Waals surface area contributed by atoms with Crippen molar-refractivity contribution < 1.29 is 8.42 Å². The topological polar surface area (TPSA) is 91.3 Å². The second-order valence-corrected chi connectivity index (χ2v) is 13.2. The summed E-state index contributed by atoms with van der Waals surface area (Å²) < 4.78 is 28.5. The van der Waals surface area contributed by atoms with Crippen molar-refractivity contribution in [2.24, 2.45) is 5.92 Å². The maximum absolute atomic E-state index is 13.5. The van der Waals surface area contributed by atoms with Gasteiger partial charge in [0, 0.05) is 49.2 Å². The summed E-state index contributed by atoms with van der Waals surface area (Å²) in [5.74, 6) is 1.27. The van der Waals surface area contributed by atoms with Crippen LogP contribution in [0.3, 0.4) is 0 Å². The van der Waals surface area contributed by atoms with Gasteiger partial charge in [0.15, 0.2) is 0 Å². The summed E-state index contributed by atoms with van der Waals surface area (Å²) in [4.78, 5) is 16.4. The largest absolute Gasteiger partial charge is 0.351 e. The zero-order valence-corrected chi connectivity index (χ0v) is 23.4. The van der Waals surface area contributed by atoms with Gasteiger partial charge in [-0.1, -0.05) is 6.07 Å². The van der Waals surface area contributed by atoms with Gasteiger partial charge in [-0.15, -0.1) is 11.3 Å². The number of benzene rings is 2. The quantitative estimate of drug-likeness (QED) is 0.385. The Kier molecular flexibility index (Phi) is 6.90. The van der Waals surface area contributed by atoms with E-state index in [1.165, 1.54) is 9.87 Å². The number of nitrogens with one attached hydrogen (secondary N) is 1. The van der Waals surface area contributed by atoms with Gasteiger partial charge in [0.25, 0.3) is 0 Å². The smallest absolute Gasteiger partial charge is 0.242 e. The Hall–Kier alpha value is -2.92. The molecule has 0 bridgehead atoms. The molecule has 10 heteroatoms. The number of sulfonamides is 1. The average Bonchev–Trinajstić information content (AvgIpc) is 3.48. The highest BCUT2D eigenvalue weighted by atomic mass is 32.2. The lowest BCUT2D eigenvalue weighted by Gasteiger charge is -2.31. The molecule has 0 atom stereocenters. The van der Waals surface area contributed by atoms with Crippen LogP contribution in [-0.2, 0) is 23.0 Å². The van der Waals surface area contributed by atoms with E-state index < -0.39 is 10.0 Å². The molecule has 0 aliphatic carbocycles. The van der Waals surface area contributed by atoms with Crippen molar-refractivity contribution in [3.05, 3.63) is 64.9 Å². The Balaban J connectivity index is 1.30. The third-order valence-electron chi connectivity index (χ3n) is 7.76. The number of hydrogen-bond donors (Lipinski definition) is 1. The van der Waals surface area contributed by atoms with Gasteiger partial charge in [-0.3, -0.25) is 0 Å². The molecule has 8 nitrogen and oxygen atoms in total. The predicted octanol–water partition coefficient (Wildman–Crippen LogP) is 4.24. The maximum atomic E-state index is 13.5. The van der Waals surface area contributed by atoms with Crippen LogP contribution in [0.15, 0.2) is 53.1 Å². The van der Waals surface area contributed by atoms with Gasteiger partial charge in [-0.05, 0) is 86.1 Å². The lowest BCUT2D eigenvalue weighted by molar-refractivity contribution is 0.311. The number of piperidine rings is 1. The Bertz CT molecular complexity index is 1570. The molecule has 38 heavy (non-hydrogen) atoms. The van der Waals surface area contributed by atoms with Crippen LogP contribution >= 0.6 is 11.3 Å². The molecule has 2 aliphatic rings. The highest BCUT2D eigenvalue weighted by Gasteiger charge is 2.27. The average molecular weight is 549 g/mol. The zero-order valence-electron chi connectivity index (χ0n) is 21.7. The highest BCUT2D eigenvalue weighted by Crippen LogP contribution is 2.34. The summed E-state index contributed by atoms with van der Waals surface area (Å²) in [6.45, 7) is 5.94. The van der Waals surface area contributed by atoms with Gasteiger partial charge < -0.3 is 10.2 Å². The van der Waals surface area contributed by atoms with E-state index in [9.17, 15) is 8.42 Å². The van der Waals surface area contributed by atoms with Crippen molar-refractivity contribution in [1.29, 1.82) is 0 Å². The molecule has 0 spiro atoms. The first kappa shape index (κ1) is 25.4. The number of aromatic nitrogens is 3. The molecule has 2 aliphatic heterocycles. The molecule has 1 fully saturated rings. The van der Waals surface area contributed by atoms with Crippen LogP contribution in [0.4, 0.5) is 5.82 Å². The molecule has 0 amide bonds. The van der Waals surface area contributed by atoms with Crippen LogP contribution in [0.5, 0.6) is 0 Å². The Morgan fingerprint density at radius 2 is 1.95 bits per heavy atom. The number of rotatable bonds is 6. The Morgan fingerprint density at radius 1 is 1.11 bits per heavy atom. The molecule has 4 aromatic rings. The molecule has 1 saturated heterocycles. The van der Waals surface area contributed by atoms with Gasteiger partial charge >= 0.3 is 0 Å². The van der Waals surface area contributed by atoms with Crippen LogP contribution in [0.25, 0.3) is 21.5 Å². The van der Waals surface area contributed by atoms with E-state index in [1.807, 2.05) is 23.7 Å². The summed E-state index contributed by atoms with van der Waals surface area (Å²) in [6, 6.07) is 9.88. The monoisotopic (exact) mass is 548 g/mol.